The van der Waals surface area contributed by atoms with Crippen molar-refractivity contribution >= 4 is 10.0 Å². The maximum atomic E-state index is 13.2. The summed E-state index contributed by atoms with van der Waals surface area (Å²) in [4.78, 5) is 0. The van der Waals surface area contributed by atoms with Gasteiger partial charge in [0.05, 0.1) is 26.1 Å². The van der Waals surface area contributed by atoms with Crippen LogP contribution in [0, 0.1) is 0 Å². The number of nitrogens with zero attached hydrogens (tertiary/aromatic N) is 1. The second kappa shape index (κ2) is 10.1. The van der Waals surface area contributed by atoms with Gasteiger partial charge in [0.1, 0.15) is 11.5 Å². The molecule has 1 heterocycles. The van der Waals surface area contributed by atoms with Gasteiger partial charge in [0.25, 0.3) is 0 Å². The second-order valence-corrected chi connectivity index (χ2v) is 9.29. The summed E-state index contributed by atoms with van der Waals surface area (Å²) in [5, 5.41) is 0. The maximum Gasteiger partial charge on any atom is 0.214 e. The molecule has 158 valence electrons. The molecule has 0 spiro atoms. The van der Waals surface area contributed by atoms with Gasteiger partial charge in [-0.2, -0.15) is 4.31 Å². The Balaban J connectivity index is 1.76. The molecule has 2 aromatic carbocycles. The number of sulfonamides is 1. The van der Waals surface area contributed by atoms with E-state index in [2.05, 4.69) is 0 Å². The maximum absolute atomic E-state index is 13.2. The topological polar surface area (TPSA) is 65.1 Å². The smallest absolute Gasteiger partial charge is 0.214 e. The summed E-state index contributed by atoms with van der Waals surface area (Å²) in [5.74, 6) is 1.58. The first-order valence-corrected chi connectivity index (χ1v) is 11.5. The lowest BCUT2D eigenvalue weighted by Gasteiger charge is -2.23. The van der Waals surface area contributed by atoms with Crippen LogP contribution >= 0.6 is 0 Å². The molecule has 3 rings (SSSR count). The first kappa shape index (κ1) is 21.6. The van der Waals surface area contributed by atoms with Gasteiger partial charge < -0.3 is 14.2 Å². The molecule has 0 radical (unpaired) electrons. The van der Waals surface area contributed by atoms with Gasteiger partial charge in [-0.1, -0.05) is 24.3 Å². The standard InChI is InChI=1S/C22H29NO5S/c1-26-20-9-5-18(6-10-20)16-23(17-19-7-11-21(27-2)12-8-19)29(24,25)15-13-22-4-3-14-28-22/h5-12,22H,3-4,13-17H2,1-2H3. The molecular weight excluding hydrogens is 390 g/mol. The van der Waals surface area contributed by atoms with Crippen LogP contribution in [0.1, 0.15) is 30.4 Å². The second-order valence-electron chi connectivity index (χ2n) is 7.20. The van der Waals surface area contributed by atoms with Crippen molar-refractivity contribution in [2.75, 3.05) is 26.6 Å². The van der Waals surface area contributed by atoms with Crippen LogP contribution in [0.25, 0.3) is 0 Å². The fraction of sp³-hybridized carbons (Fsp3) is 0.455. The van der Waals surface area contributed by atoms with Crippen LogP contribution < -0.4 is 9.47 Å². The van der Waals surface area contributed by atoms with Gasteiger partial charge >= 0.3 is 0 Å². The molecule has 1 atom stereocenters. The number of ether oxygens (including phenoxy) is 3. The molecule has 1 unspecified atom stereocenters. The van der Waals surface area contributed by atoms with Gasteiger partial charge in [-0.25, -0.2) is 8.42 Å². The summed E-state index contributed by atoms with van der Waals surface area (Å²) in [6, 6.07) is 15.0. The minimum absolute atomic E-state index is 0.0496. The van der Waals surface area contributed by atoms with Gasteiger partial charge in [-0.3, -0.25) is 0 Å². The number of rotatable bonds is 10. The molecule has 29 heavy (non-hydrogen) atoms. The Labute approximate surface area is 173 Å². The molecule has 0 aromatic heterocycles. The van der Waals surface area contributed by atoms with E-state index in [4.69, 9.17) is 14.2 Å². The third-order valence-corrected chi connectivity index (χ3v) is 6.95. The van der Waals surface area contributed by atoms with E-state index in [1.165, 1.54) is 0 Å². The van der Waals surface area contributed by atoms with E-state index in [0.717, 1.165) is 42.1 Å². The Hall–Kier alpha value is -2.09. The Bertz CT molecular complexity index is 810. The van der Waals surface area contributed by atoms with E-state index < -0.39 is 10.0 Å². The fourth-order valence-electron chi connectivity index (χ4n) is 3.40. The minimum Gasteiger partial charge on any atom is -0.497 e. The highest BCUT2D eigenvalue weighted by Crippen LogP contribution is 2.22. The van der Waals surface area contributed by atoms with Crippen LogP contribution in [0.2, 0.25) is 0 Å². The molecule has 1 aliphatic rings. The van der Waals surface area contributed by atoms with Crippen LogP contribution in [-0.4, -0.2) is 45.4 Å². The molecule has 1 fully saturated rings. The summed E-state index contributed by atoms with van der Waals surface area (Å²) in [7, 11) is -0.223. The molecule has 1 aliphatic heterocycles. The first-order valence-electron chi connectivity index (χ1n) is 9.85. The van der Waals surface area contributed by atoms with Gasteiger partial charge in [0.2, 0.25) is 10.0 Å². The van der Waals surface area contributed by atoms with Crippen molar-refractivity contribution in [3.05, 3.63) is 59.7 Å². The van der Waals surface area contributed by atoms with E-state index in [1.807, 2.05) is 48.5 Å². The molecule has 7 heteroatoms. The lowest BCUT2D eigenvalue weighted by molar-refractivity contribution is 0.108. The average Bonchev–Trinajstić information content (AvgIpc) is 3.27. The van der Waals surface area contributed by atoms with E-state index in [0.29, 0.717) is 19.5 Å². The predicted octanol–water partition coefficient (Wildman–Crippen LogP) is 3.60. The average molecular weight is 420 g/mol. The summed E-state index contributed by atoms with van der Waals surface area (Å²) < 4.78 is 43.9. The highest BCUT2D eigenvalue weighted by molar-refractivity contribution is 7.89. The van der Waals surface area contributed by atoms with Crippen molar-refractivity contribution in [3.63, 3.8) is 0 Å². The highest BCUT2D eigenvalue weighted by Gasteiger charge is 2.25. The molecule has 1 saturated heterocycles. The van der Waals surface area contributed by atoms with Crippen molar-refractivity contribution in [1.29, 1.82) is 0 Å². The number of methoxy groups -OCH3 is 2. The Morgan fingerprint density at radius 1 is 0.931 bits per heavy atom. The third kappa shape index (κ3) is 6.19. The quantitative estimate of drug-likeness (QED) is 0.589. The summed E-state index contributed by atoms with van der Waals surface area (Å²) in [5.41, 5.74) is 1.83. The number of hydrogen-bond acceptors (Lipinski definition) is 5. The number of benzene rings is 2. The summed E-state index contributed by atoms with van der Waals surface area (Å²) >= 11 is 0. The monoisotopic (exact) mass is 419 g/mol. The van der Waals surface area contributed by atoms with E-state index in [9.17, 15) is 8.42 Å². The lowest BCUT2D eigenvalue weighted by atomic mass is 10.2. The first-order chi connectivity index (χ1) is 14.0. The molecule has 2 aromatic rings. The van der Waals surface area contributed by atoms with Gasteiger partial charge in [0, 0.05) is 19.7 Å². The van der Waals surface area contributed by atoms with Gasteiger partial charge in [0.15, 0.2) is 0 Å². The SMILES string of the molecule is COc1ccc(CN(Cc2ccc(OC)cc2)S(=O)(=O)CCC2CCCO2)cc1. The van der Waals surface area contributed by atoms with Crippen molar-refractivity contribution in [1.82, 2.24) is 4.31 Å². The Morgan fingerprint density at radius 2 is 1.45 bits per heavy atom. The molecule has 0 bridgehead atoms. The molecular formula is C22H29NO5S. The minimum atomic E-state index is -3.45. The van der Waals surface area contributed by atoms with Crippen molar-refractivity contribution < 1.29 is 22.6 Å². The number of hydrogen-bond donors (Lipinski definition) is 0. The zero-order valence-corrected chi connectivity index (χ0v) is 17.9. The molecule has 0 saturated carbocycles. The highest BCUT2D eigenvalue weighted by atomic mass is 32.2. The predicted molar refractivity (Wildman–Crippen MR) is 113 cm³/mol. The van der Waals surface area contributed by atoms with Crippen LogP contribution in [0.3, 0.4) is 0 Å². The lowest BCUT2D eigenvalue weighted by Crippen LogP contribution is -2.33. The van der Waals surface area contributed by atoms with Crippen LogP contribution in [0.4, 0.5) is 0 Å². The van der Waals surface area contributed by atoms with Crippen LogP contribution in [-0.2, 0) is 27.8 Å². The fourth-order valence-corrected chi connectivity index (χ4v) is 4.91. The molecule has 0 N–H and O–H groups in total. The molecule has 0 amide bonds. The van der Waals surface area contributed by atoms with Crippen molar-refractivity contribution in [3.8, 4) is 11.5 Å². The summed E-state index contributed by atoms with van der Waals surface area (Å²) in [6.07, 6.45) is 2.52. The largest absolute Gasteiger partial charge is 0.497 e. The van der Waals surface area contributed by atoms with Crippen molar-refractivity contribution in [2.45, 2.75) is 38.5 Å². The van der Waals surface area contributed by atoms with Crippen LogP contribution in [0.5, 0.6) is 11.5 Å². The Kier molecular flexibility index (Phi) is 7.52. The van der Waals surface area contributed by atoms with E-state index in [-0.39, 0.29) is 11.9 Å². The van der Waals surface area contributed by atoms with Crippen molar-refractivity contribution in [2.24, 2.45) is 0 Å². The Morgan fingerprint density at radius 3 is 1.86 bits per heavy atom. The van der Waals surface area contributed by atoms with Gasteiger partial charge in [-0.05, 0) is 54.7 Å². The molecule has 6 nitrogen and oxygen atoms in total. The zero-order valence-electron chi connectivity index (χ0n) is 17.0. The van der Waals surface area contributed by atoms with E-state index >= 15 is 0 Å². The van der Waals surface area contributed by atoms with Gasteiger partial charge in [-0.15, -0.1) is 0 Å². The normalized spacial score (nSPS) is 16.9. The molecule has 0 aliphatic carbocycles. The zero-order chi connectivity index (χ0) is 20.7. The van der Waals surface area contributed by atoms with E-state index in [1.54, 1.807) is 18.5 Å². The summed E-state index contributed by atoms with van der Waals surface area (Å²) in [6.45, 7) is 1.35. The third-order valence-electron chi connectivity index (χ3n) is 5.15. The van der Waals surface area contributed by atoms with Crippen LogP contribution in [0.15, 0.2) is 48.5 Å².